The van der Waals surface area contributed by atoms with Gasteiger partial charge < -0.3 is 21.0 Å². The summed E-state index contributed by atoms with van der Waals surface area (Å²) in [6.45, 7) is 3.86. The molecule has 0 aromatic heterocycles. The van der Waals surface area contributed by atoms with E-state index in [-0.39, 0.29) is 11.8 Å². The maximum Gasteiger partial charge on any atom is 0.143 e. The maximum atomic E-state index is 8.47. The minimum atomic E-state index is 0.0109. The number of benzene rings is 1. The minimum absolute atomic E-state index is 0.0109. The predicted molar refractivity (Wildman–Crippen MR) is 67.4 cm³/mol. The number of oxime groups is 1. The Hall–Kier alpha value is -1.75. The van der Waals surface area contributed by atoms with Crippen molar-refractivity contribution in [2.24, 2.45) is 16.8 Å². The van der Waals surface area contributed by atoms with Crippen molar-refractivity contribution in [3.63, 3.8) is 0 Å². The van der Waals surface area contributed by atoms with Crippen molar-refractivity contribution < 1.29 is 9.94 Å². The zero-order valence-corrected chi connectivity index (χ0v) is 9.97. The molecule has 5 nitrogen and oxygen atoms in total. The van der Waals surface area contributed by atoms with Crippen molar-refractivity contribution in [2.75, 3.05) is 19.7 Å². The molecular weight excluding hydrogens is 218 g/mol. The molecule has 1 atom stereocenters. The number of hydrogen-bond acceptors (Lipinski definition) is 4. The van der Waals surface area contributed by atoms with E-state index in [4.69, 9.17) is 15.7 Å². The Bertz CT molecular complexity index is 341. The van der Waals surface area contributed by atoms with Gasteiger partial charge in [0.15, 0.2) is 0 Å². The Morgan fingerprint density at radius 2 is 2.18 bits per heavy atom. The van der Waals surface area contributed by atoms with Crippen LogP contribution in [0.3, 0.4) is 0 Å². The van der Waals surface area contributed by atoms with Crippen molar-refractivity contribution >= 4 is 5.84 Å². The van der Waals surface area contributed by atoms with E-state index in [1.165, 1.54) is 0 Å². The molecule has 1 aromatic rings. The highest BCUT2D eigenvalue weighted by atomic mass is 16.5. The second-order valence-corrected chi connectivity index (χ2v) is 3.79. The lowest BCUT2D eigenvalue weighted by molar-refractivity contribution is 0.307. The molecule has 94 valence electrons. The molecular formula is C12H19N3O2. The first kappa shape index (κ1) is 13.3. The van der Waals surface area contributed by atoms with Gasteiger partial charge in [-0.05, 0) is 12.1 Å². The molecule has 1 aromatic carbocycles. The van der Waals surface area contributed by atoms with Crippen LogP contribution in [0.1, 0.15) is 6.92 Å². The molecule has 1 rings (SSSR count). The summed E-state index contributed by atoms with van der Waals surface area (Å²) in [5.41, 5.74) is 5.45. The van der Waals surface area contributed by atoms with Gasteiger partial charge in [-0.1, -0.05) is 30.3 Å². The molecule has 0 aliphatic rings. The smallest absolute Gasteiger partial charge is 0.143 e. The minimum Gasteiger partial charge on any atom is -0.492 e. The standard InChI is InChI=1S/C12H19N3O2/c1-10(12(13)15-16)9-14-7-8-17-11-5-3-2-4-6-11/h2-6,10,14,16H,7-9H2,1H3,(H2,13,15). The second kappa shape index (κ2) is 7.51. The normalized spacial score (nSPS) is 13.4. The van der Waals surface area contributed by atoms with Crippen molar-refractivity contribution in [2.45, 2.75) is 6.92 Å². The first-order chi connectivity index (χ1) is 8.24. The Morgan fingerprint density at radius 3 is 2.82 bits per heavy atom. The van der Waals surface area contributed by atoms with E-state index in [2.05, 4.69) is 10.5 Å². The van der Waals surface area contributed by atoms with Crippen LogP contribution in [-0.2, 0) is 0 Å². The molecule has 0 spiro atoms. The van der Waals surface area contributed by atoms with Gasteiger partial charge in [-0.15, -0.1) is 0 Å². The number of amidine groups is 1. The Balaban J connectivity index is 2.09. The molecule has 5 heteroatoms. The van der Waals surface area contributed by atoms with Crippen LogP contribution in [0.4, 0.5) is 0 Å². The van der Waals surface area contributed by atoms with Crippen LogP contribution in [0.2, 0.25) is 0 Å². The van der Waals surface area contributed by atoms with Gasteiger partial charge in [0.05, 0.1) is 0 Å². The number of para-hydroxylation sites is 1. The molecule has 1 unspecified atom stereocenters. The van der Waals surface area contributed by atoms with Crippen LogP contribution in [0, 0.1) is 5.92 Å². The van der Waals surface area contributed by atoms with Crippen LogP contribution in [0.15, 0.2) is 35.5 Å². The lowest BCUT2D eigenvalue weighted by Gasteiger charge is -2.11. The third kappa shape index (κ3) is 5.21. The molecule has 0 aliphatic carbocycles. The number of nitrogens with two attached hydrogens (primary N) is 1. The summed E-state index contributed by atoms with van der Waals surface area (Å²) < 4.78 is 5.50. The summed E-state index contributed by atoms with van der Waals surface area (Å²) in [7, 11) is 0. The van der Waals surface area contributed by atoms with Gasteiger partial charge in [0, 0.05) is 19.0 Å². The van der Waals surface area contributed by atoms with E-state index in [0.29, 0.717) is 13.2 Å². The number of ether oxygens (including phenoxy) is 1. The monoisotopic (exact) mass is 237 g/mol. The number of rotatable bonds is 7. The van der Waals surface area contributed by atoms with E-state index in [1.807, 2.05) is 37.3 Å². The summed E-state index contributed by atoms with van der Waals surface area (Å²) >= 11 is 0. The largest absolute Gasteiger partial charge is 0.492 e. The first-order valence-corrected chi connectivity index (χ1v) is 5.60. The van der Waals surface area contributed by atoms with E-state index in [1.54, 1.807) is 0 Å². The van der Waals surface area contributed by atoms with E-state index in [0.717, 1.165) is 12.3 Å². The fourth-order valence-electron chi connectivity index (χ4n) is 1.28. The quantitative estimate of drug-likeness (QED) is 0.218. The lowest BCUT2D eigenvalue weighted by Crippen LogP contribution is -2.33. The van der Waals surface area contributed by atoms with E-state index in [9.17, 15) is 0 Å². The molecule has 0 bridgehead atoms. The van der Waals surface area contributed by atoms with Gasteiger partial charge in [0.1, 0.15) is 18.2 Å². The van der Waals surface area contributed by atoms with Gasteiger partial charge in [-0.25, -0.2) is 0 Å². The zero-order valence-electron chi connectivity index (χ0n) is 9.97. The zero-order chi connectivity index (χ0) is 12.5. The Kier molecular flexibility index (Phi) is 5.88. The van der Waals surface area contributed by atoms with E-state index >= 15 is 0 Å². The summed E-state index contributed by atoms with van der Waals surface area (Å²) in [6, 6.07) is 9.65. The maximum absolute atomic E-state index is 8.47. The van der Waals surface area contributed by atoms with Gasteiger partial charge >= 0.3 is 0 Å². The van der Waals surface area contributed by atoms with Crippen LogP contribution in [0.25, 0.3) is 0 Å². The van der Waals surface area contributed by atoms with Gasteiger partial charge in [0.25, 0.3) is 0 Å². The molecule has 0 saturated heterocycles. The topological polar surface area (TPSA) is 79.9 Å². The average molecular weight is 237 g/mol. The summed E-state index contributed by atoms with van der Waals surface area (Å²) in [5.74, 6) is 1.11. The molecule has 4 N–H and O–H groups in total. The van der Waals surface area contributed by atoms with Crippen molar-refractivity contribution in [1.29, 1.82) is 0 Å². The third-order valence-electron chi connectivity index (χ3n) is 2.36. The lowest BCUT2D eigenvalue weighted by atomic mass is 10.1. The highest BCUT2D eigenvalue weighted by Crippen LogP contribution is 2.07. The molecule has 17 heavy (non-hydrogen) atoms. The summed E-state index contributed by atoms with van der Waals surface area (Å²) in [4.78, 5) is 0. The van der Waals surface area contributed by atoms with E-state index < -0.39 is 0 Å². The van der Waals surface area contributed by atoms with Crippen LogP contribution in [0.5, 0.6) is 5.75 Å². The summed E-state index contributed by atoms with van der Waals surface area (Å²) in [5, 5.41) is 14.6. The predicted octanol–water partition coefficient (Wildman–Crippen LogP) is 1.04. The number of hydrogen-bond donors (Lipinski definition) is 3. The third-order valence-corrected chi connectivity index (χ3v) is 2.36. The molecule has 0 radical (unpaired) electrons. The molecule has 0 aliphatic heterocycles. The fourth-order valence-corrected chi connectivity index (χ4v) is 1.28. The van der Waals surface area contributed by atoms with Crippen molar-refractivity contribution in [3.05, 3.63) is 30.3 Å². The van der Waals surface area contributed by atoms with Crippen LogP contribution < -0.4 is 15.8 Å². The fraction of sp³-hybridized carbons (Fsp3) is 0.417. The highest BCUT2D eigenvalue weighted by Gasteiger charge is 2.05. The Labute approximate surface area is 101 Å². The number of nitrogens with zero attached hydrogens (tertiary/aromatic N) is 1. The van der Waals surface area contributed by atoms with Gasteiger partial charge in [-0.2, -0.15) is 0 Å². The molecule has 0 saturated carbocycles. The molecule has 0 amide bonds. The number of nitrogens with one attached hydrogen (secondary N) is 1. The first-order valence-electron chi connectivity index (χ1n) is 5.60. The van der Waals surface area contributed by atoms with Crippen LogP contribution in [-0.4, -0.2) is 30.7 Å². The SMILES string of the molecule is CC(CNCCOc1ccccc1)C(N)=NO. The average Bonchev–Trinajstić information content (AvgIpc) is 2.38. The molecule has 0 fully saturated rings. The van der Waals surface area contributed by atoms with Crippen molar-refractivity contribution in [1.82, 2.24) is 5.32 Å². The summed E-state index contributed by atoms with van der Waals surface area (Å²) in [6.07, 6.45) is 0. The van der Waals surface area contributed by atoms with Crippen molar-refractivity contribution in [3.8, 4) is 5.75 Å². The Morgan fingerprint density at radius 1 is 1.47 bits per heavy atom. The van der Waals surface area contributed by atoms with Crippen LogP contribution >= 0.6 is 0 Å². The van der Waals surface area contributed by atoms with Gasteiger partial charge in [0.2, 0.25) is 0 Å². The van der Waals surface area contributed by atoms with Gasteiger partial charge in [-0.3, -0.25) is 0 Å². The molecule has 0 heterocycles. The second-order valence-electron chi connectivity index (χ2n) is 3.79. The highest BCUT2D eigenvalue weighted by molar-refractivity contribution is 5.82.